The Labute approximate surface area is 215 Å². The molecule has 0 saturated heterocycles. The fraction of sp³-hybridized carbons (Fsp3) is 0.240. The Morgan fingerprint density at radius 3 is 2.62 bits per heavy atom. The van der Waals surface area contributed by atoms with Crippen molar-refractivity contribution in [1.82, 2.24) is 20.6 Å². The molecule has 7 nitrogen and oxygen atoms in total. The number of aromatic amines is 1. The van der Waals surface area contributed by atoms with Gasteiger partial charge in [-0.05, 0) is 0 Å². The number of alkyl halides is 3. The van der Waals surface area contributed by atoms with E-state index in [1.54, 1.807) is 7.59 Å². The van der Waals surface area contributed by atoms with Gasteiger partial charge in [-0.3, -0.25) is 0 Å². The van der Waals surface area contributed by atoms with Crippen LogP contribution in [0.2, 0.25) is 0 Å². The molecule has 0 amide bonds. The second-order valence-electron chi connectivity index (χ2n) is 7.65. The number of carbonyl (C=O) groups is 1. The minimum atomic E-state index is -1.75. The SMILES string of the molecule is C=CCCCC1=IC(O)C(/C=C/C(=O)O)I1Cc1ccc(-c2ccccc2-c2nn[nH]n2)cc1. The third-order valence-electron chi connectivity index (χ3n) is 5.33. The molecule has 1 aromatic heterocycles. The van der Waals surface area contributed by atoms with Gasteiger partial charge in [0.15, 0.2) is 0 Å². The van der Waals surface area contributed by atoms with E-state index in [-0.39, 0.29) is 8.04 Å². The van der Waals surface area contributed by atoms with Crippen molar-refractivity contribution in [1.29, 1.82) is 0 Å². The molecule has 0 fully saturated rings. The van der Waals surface area contributed by atoms with Crippen molar-refractivity contribution in [2.75, 3.05) is 0 Å². The van der Waals surface area contributed by atoms with E-state index in [4.69, 9.17) is 5.11 Å². The number of carboxylic acid groups (broad SMARTS) is 1. The van der Waals surface area contributed by atoms with E-state index in [2.05, 4.69) is 51.5 Å². The van der Waals surface area contributed by atoms with Crippen molar-refractivity contribution in [2.24, 2.45) is 0 Å². The number of nitrogens with one attached hydrogen (secondary N) is 1. The minimum absolute atomic E-state index is 0.00507. The van der Waals surface area contributed by atoms with Crippen LogP contribution in [0.4, 0.5) is 0 Å². The first-order chi connectivity index (χ1) is 16.6. The van der Waals surface area contributed by atoms with Gasteiger partial charge in [0.2, 0.25) is 0 Å². The van der Waals surface area contributed by atoms with Gasteiger partial charge < -0.3 is 0 Å². The average molecular weight is 684 g/mol. The number of aliphatic carboxylic acids is 1. The third kappa shape index (κ3) is 6.05. The number of nitrogens with zero attached hydrogens (tertiary/aromatic N) is 3. The Morgan fingerprint density at radius 1 is 1.18 bits per heavy atom. The van der Waals surface area contributed by atoms with Crippen molar-refractivity contribution in [3.63, 3.8) is 0 Å². The summed E-state index contributed by atoms with van der Waals surface area (Å²) in [5.41, 5.74) is 4.26. The van der Waals surface area contributed by atoms with E-state index < -0.39 is 46.5 Å². The molecule has 0 saturated carbocycles. The molecule has 9 heteroatoms. The van der Waals surface area contributed by atoms with Crippen molar-refractivity contribution in [2.45, 2.75) is 31.7 Å². The van der Waals surface area contributed by atoms with E-state index in [9.17, 15) is 9.90 Å². The second kappa shape index (κ2) is 11.9. The number of unbranched alkanes of at least 4 members (excludes halogenated alkanes) is 1. The average Bonchev–Trinajstić information content (AvgIpc) is 3.47. The Bertz CT molecular complexity index is 1190. The molecule has 2 aromatic carbocycles. The van der Waals surface area contributed by atoms with Crippen LogP contribution in [-0.2, 0) is 9.22 Å². The summed E-state index contributed by atoms with van der Waals surface area (Å²) in [5.74, 6) is -0.394. The van der Waals surface area contributed by atoms with Crippen LogP contribution >= 0.6 is 40.6 Å². The summed E-state index contributed by atoms with van der Waals surface area (Å²) in [7, 11) is 0. The molecule has 2 heterocycles. The first-order valence-electron chi connectivity index (χ1n) is 10.8. The Balaban J connectivity index is 1.56. The number of aliphatic hydroxyl groups is 1. The number of rotatable bonds is 10. The summed E-state index contributed by atoms with van der Waals surface area (Å²) < 4.78 is 2.14. The zero-order valence-electron chi connectivity index (χ0n) is 18.4. The fourth-order valence-corrected chi connectivity index (χ4v) is 21.2. The van der Waals surface area contributed by atoms with E-state index in [1.807, 2.05) is 30.3 Å². The molecule has 0 aliphatic carbocycles. The molecular formula is C25H26I2N4O3. The van der Waals surface area contributed by atoms with E-state index in [0.717, 1.165) is 40.4 Å². The Morgan fingerprint density at radius 2 is 1.94 bits per heavy atom. The number of carboxylic acids is 1. The van der Waals surface area contributed by atoms with E-state index in [0.29, 0.717) is 5.82 Å². The number of benzene rings is 2. The number of allylic oxidation sites excluding steroid dienone is 1. The molecule has 4 rings (SSSR count). The van der Waals surface area contributed by atoms with E-state index in [1.165, 1.54) is 11.6 Å². The Hall–Kier alpha value is -2.25. The van der Waals surface area contributed by atoms with Crippen LogP contribution in [-0.4, -0.2) is 46.4 Å². The van der Waals surface area contributed by atoms with Crippen molar-refractivity contribution in [3.05, 3.63) is 78.9 Å². The van der Waals surface area contributed by atoms with Gasteiger partial charge in [0.05, 0.1) is 0 Å². The van der Waals surface area contributed by atoms with Crippen LogP contribution in [0, 0.1) is 0 Å². The standard InChI is InChI=1S/C25H26I2N4O3/c1-2-3-4-9-22-26-24(34)21(14-15-23(32)33)27(22)16-17-10-12-18(13-11-17)19-7-5-6-8-20(19)25-28-30-31-29-25/h2,5-8,10-15,21,24,34H,1,3-4,9,16H2,(H,32,33)(H,28,29,30,31)/b15-14+. The van der Waals surface area contributed by atoms with Gasteiger partial charge in [-0.1, -0.05) is 0 Å². The van der Waals surface area contributed by atoms with E-state index >= 15 is 0 Å². The van der Waals surface area contributed by atoms with Crippen molar-refractivity contribution >= 4 is 48.0 Å². The molecule has 0 spiro atoms. The quantitative estimate of drug-likeness (QED) is 0.0875. The number of aromatic nitrogens is 4. The van der Waals surface area contributed by atoms with Gasteiger partial charge in [-0.2, -0.15) is 0 Å². The van der Waals surface area contributed by atoms with Crippen LogP contribution in [0.5, 0.6) is 0 Å². The summed E-state index contributed by atoms with van der Waals surface area (Å²) in [6, 6.07) is 16.5. The van der Waals surface area contributed by atoms with Crippen LogP contribution in [0.25, 0.3) is 22.5 Å². The molecule has 178 valence electrons. The van der Waals surface area contributed by atoms with Gasteiger partial charge in [0, 0.05) is 0 Å². The van der Waals surface area contributed by atoms with Gasteiger partial charge in [-0.15, -0.1) is 0 Å². The van der Waals surface area contributed by atoms with Crippen LogP contribution in [0.15, 0.2) is 73.3 Å². The van der Waals surface area contributed by atoms with Gasteiger partial charge >= 0.3 is 217 Å². The molecule has 3 N–H and O–H groups in total. The molecular weight excluding hydrogens is 658 g/mol. The van der Waals surface area contributed by atoms with Crippen LogP contribution in [0.1, 0.15) is 24.8 Å². The first-order valence-corrected chi connectivity index (χ1v) is 17.0. The summed E-state index contributed by atoms with van der Waals surface area (Å²) in [5, 5.41) is 34.3. The van der Waals surface area contributed by atoms with Crippen LogP contribution < -0.4 is 0 Å². The molecule has 0 radical (unpaired) electrons. The molecule has 2 unspecified atom stereocenters. The number of tetrazole rings is 1. The summed E-state index contributed by atoms with van der Waals surface area (Å²) >= 11 is -2.20. The normalized spacial score (nSPS) is 19.1. The van der Waals surface area contributed by atoms with Gasteiger partial charge in [-0.25, -0.2) is 0 Å². The monoisotopic (exact) mass is 684 g/mol. The Kier molecular flexibility index (Phi) is 8.73. The summed E-state index contributed by atoms with van der Waals surface area (Å²) in [6.45, 7) is 3.82. The number of hydrogen-bond acceptors (Lipinski definition) is 5. The molecule has 34 heavy (non-hydrogen) atoms. The van der Waals surface area contributed by atoms with Gasteiger partial charge in [0.1, 0.15) is 0 Å². The topological polar surface area (TPSA) is 112 Å². The third-order valence-corrected chi connectivity index (χ3v) is 21.0. The fourth-order valence-electron chi connectivity index (χ4n) is 3.71. The molecule has 3 aromatic rings. The first kappa shape index (κ1) is 24.9. The maximum absolute atomic E-state index is 11.1. The number of H-pyrrole nitrogens is 1. The zero-order chi connectivity index (χ0) is 23.9. The molecule has 1 aliphatic rings. The molecule has 2 atom stereocenters. The predicted molar refractivity (Wildman–Crippen MR) is 152 cm³/mol. The number of hydrogen-bond donors (Lipinski definition) is 3. The van der Waals surface area contributed by atoms with Gasteiger partial charge in [0.25, 0.3) is 0 Å². The maximum atomic E-state index is 11.1. The zero-order valence-corrected chi connectivity index (χ0v) is 22.8. The molecule has 1 aliphatic heterocycles. The summed E-state index contributed by atoms with van der Waals surface area (Å²) in [4.78, 5) is 11.1. The number of halogens is 2. The van der Waals surface area contributed by atoms with Crippen molar-refractivity contribution < 1.29 is 15.0 Å². The second-order valence-corrected chi connectivity index (χ2v) is 18.7. The molecule has 0 bridgehead atoms. The van der Waals surface area contributed by atoms with Crippen LogP contribution in [0.3, 0.4) is 0 Å². The number of aliphatic hydroxyl groups excluding tert-OH is 1. The van der Waals surface area contributed by atoms with Crippen molar-refractivity contribution in [3.8, 4) is 22.5 Å². The predicted octanol–water partition coefficient (Wildman–Crippen LogP) is 5.34. The summed E-state index contributed by atoms with van der Waals surface area (Å²) in [6.07, 6.45) is 7.97.